The minimum atomic E-state index is -0.207. The number of nitrogens with zero attached hydrogens (tertiary/aromatic N) is 1. The molecule has 0 aromatic heterocycles. The molecular formula is C12H14N2O3. The molecule has 5 heteroatoms. The third-order valence-electron chi connectivity index (χ3n) is 2.76. The van der Waals surface area contributed by atoms with Gasteiger partial charge in [0.2, 0.25) is 11.8 Å². The molecule has 0 saturated carbocycles. The Bertz CT molecular complexity index is 455. The van der Waals surface area contributed by atoms with E-state index in [0.29, 0.717) is 36.4 Å². The summed E-state index contributed by atoms with van der Waals surface area (Å²) in [4.78, 5) is 24.7. The molecule has 90 valence electrons. The van der Waals surface area contributed by atoms with Crippen LogP contribution in [0.25, 0.3) is 0 Å². The molecule has 17 heavy (non-hydrogen) atoms. The molecule has 2 N–H and O–H groups in total. The number of amides is 2. The summed E-state index contributed by atoms with van der Waals surface area (Å²) in [6, 6.07) is 4.93. The SMILES string of the molecule is COc1ccc(N)c(N2C(=O)CCCC2=O)c1. The summed E-state index contributed by atoms with van der Waals surface area (Å²) < 4.78 is 5.07. The zero-order valence-corrected chi connectivity index (χ0v) is 9.60. The van der Waals surface area contributed by atoms with Crippen LogP contribution in [0.2, 0.25) is 0 Å². The monoisotopic (exact) mass is 234 g/mol. The maximum absolute atomic E-state index is 11.8. The van der Waals surface area contributed by atoms with Crippen LogP contribution in [0.3, 0.4) is 0 Å². The normalized spacial score (nSPS) is 16.2. The van der Waals surface area contributed by atoms with E-state index in [2.05, 4.69) is 0 Å². The molecule has 1 aliphatic rings. The number of imide groups is 1. The molecule has 5 nitrogen and oxygen atoms in total. The Morgan fingerprint density at radius 2 is 1.88 bits per heavy atom. The number of nitrogen functional groups attached to an aromatic ring is 1. The first-order valence-electron chi connectivity index (χ1n) is 5.43. The van der Waals surface area contributed by atoms with Gasteiger partial charge in [0, 0.05) is 18.9 Å². The first kappa shape index (κ1) is 11.4. The topological polar surface area (TPSA) is 72.6 Å². The van der Waals surface area contributed by atoms with Gasteiger partial charge >= 0.3 is 0 Å². The second-order valence-electron chi connectivity index (χ2n) is 3.90. The molecule has 1 heterocycles. The minimum Gasteiger partial charge on any atom is -0.497 e. The highest BCUT2D eigenvalue weighted by atomic mass is 16.5. The Kier molecular flexibility index (Phi) is 2.99. The van der Waals surface area contributed by atoms with Crippen molar-refractivity contribution in [1.29, 1.82) is 0 Å². The van der Waals surface area contributed by atoms with Gasteiger partial charge in [-0.25, -0.2) is 4.90 Å². The summed E-state index contributed by atoms with van der Waals surface area (Å²) in [5.74, 6) is 0.155. The van der Waals surface area contributed by atoms with Gasteiger partial charge in [-0.05, 0) is 18.6 Å². The Labute approximate surface area is 99.2 Å². The highest BCUT2D eigenvalue weighted by molar-refractivity contribution is 6.17. The summed E-state index contributed by atoms with van der Waals surface area (Å²) in [6.45, 7) is 0. The Morgan fingerprint density at radius 3 is 2.47 bits per heavy atom. The van der Waals surface area contributed by atoms with E-state index in [9.17, 15) is 9.59 Å². The third kappa shape index (κ3) is 2.08. The lowest BCUT2D eigenvalue weighted by Crippen LogP contribution is -2.40. The smallest absolute Gasteiger partial charge is 0.233 e. The van der Waals surface area contributed by atoms with Crippen molar-refractivity contribution < 1.29 is 14.3 Å². The Morgan fingerprint density at radius 1 is 1.24 bits per heavy atom. The number of carbonyl (C=O) groups excluding carboxylic acids is 2. The number of ether oxygens (including phenoxy) is 1. The largest absolute Gasteiger partial charge is 0.497 e. The number of nitrogens with two attached hydrogens (primary N) is 1. The van der Waals surface area contributed by atoms with Gasteiger partial charge in [-0.2, -0.15) is 0 Å². The first-order valence-corrected chi connectivity index (χ1v) is 5.43. The van der Waals surface area contributed by atoms with Gasteiger partial charge in [0.05, 0.1) is 18.5 Å². The lowest BCUT2D eigenvalue weighted by molar-refractivity contribution is -0.129. The average molecular weight is 234 g/mol. The highest BCUT2D eigenvalue weighted by Gasteiger charge is 2.28. The molecule has 0 aliphatic carbocycles. The van der Waals surface area contributed by atoms with Gasteiger partial charge < -0.3 is 10.5 Å². The van der Waals surface area contributed by atoms with E-state index < -0.39 is 0 Å². The van der Waals surface area contributed by atoms with Gasteiger partial charge in [-0.15, -0.1) is 0 Å². The number of anilines is 2. The molecule has 2 amide bonds. The molecule has 1 fully saturated rings. The van der Waals surface area contributed by atoms with Crippen LogP contribution in [-0.2, 0) is 9.59 Å². The van der Waals surface area contributed by atoms with Crippen LogP contribution in [0.1, 0.15) is 19.3 Å². The maximum Gasteiger partial charge on any atom is 0.233 e. The van der Waals surface area contributed by atoms with E-state index in [4.69, 9.17) is 10.5 Å². The van der Waals surface area contributed by atoms with E-state index in [-0.39, 0.29) is 11.8 Å². The summed E-state index contributed by atoms with van der Waals surface area (Å²) in [7, 11) is 1.52. The first-order chi connectivity index (χ1) is 8.13. The fraction of sp³-hybridized carbons (Fsp3) is 0.333. The molecule has 1 saturated heterocycles. The number of rotatable bonds is 2. The van der Waals surface area contributed by atoms with Crippen LogP contribution in [0.5, 0.6) is 5.75 Å². The van der Waals surface area contributed by atoms with E-state index in [0.717, 1.165) is 4.90 Å². The van der Waals surface area contributed by atoms with Crippen molar-refractivity contribution in [3.05, 3.63) is 18.2 Å². The molecule has 0 bridgehead atoms. The van der Waals surface area contributed by atoms with Crippen LogP contribution < -0.4 is 15.4 Å². The van der Waals surface area contributed by atoms with E-state index in [1.165, 1.54) is 7.11 Å². The molecule has 0 radical (unpaired) electrons. The van der Waals surface area contributed by atoms with Crippen LogP contribution in [-0.4, -0.2) is 18.9 Å². The van der Waals surface area contributed by atoms with Crippen molar-refractivity contribution in [2.24, 2.45) is 0 Å². The van der Waals surface area contributed by atoms with Crippen molar-refractivity contribution in [3.63, 3.8) is 0 Å². The summed E-state index contributed by atoms with van der Waals surface area (Å²) in [6.07, 6.45) is 1.36. The number of hydrogen-bond acceptors (Lipinski definition) is 4. The lowest BCUT2D eigenvalue weighted by Gasteiger charge is -2.26. The summed E-state index contributed by atoms with van der Waals surface area (Å²) >= 11 is 0. The molecule has 0 spiro atoms. The highest BCUT2D eigenvalue weighted by Crippen LogP contribution is 2.31. The molecular weight excluding hydrogens is 220 g/mol. The molecule has 1 aliphatic heterocycles. The van der Waals surface area contributed by atoms with Gasteiger partial charge in [-0.1, -0.05) is 0 Å². The van der Waals surface area contributed by atoms with E-state index in [1.807, 2.05) is 0 Å². The van der Waals surface area contributed by atoms with Crippen LogP contribution in [0, 0.1) is 0 Å². The Hall–Kier alpha value is -2.04. The Balaban J connectivity index is 2.43. The molecule has 1 aromatic carbocycles. The van der Waals surface area contributed by atoms with Gasteiger partial charge in [0.1, 0.15) is 5.75 Å². The number of benzene rings is 1. The maximum atomic E-state index is 11.8. The predicted molar refractivity (Wildman–Crippen MR) is 63.8 cm³/mol. The fourth-order valence-corrected chi connectivity index (χ4v) is 1.87. The third-order valence-corrected chi connectivity index (χ3v) is 2.76. The molecule has 2 rings (SSSR count). The fourth-order valence-electron chi connectivity index (χ4n) is 1.87. The zero-order valence-electron chi connectivity index (χ0n) is 9.60. The van der Waals surface area contributed by atoms with Crippen molar-refractivity contribution in [1.82, 2.24) is 0 Å². The number of methoxy groups -OCH3 is 1. The van der Waals surface area contributed by atoms with Crippen LogP contribution in [0.15, 0.2) is 18.2 Å². The summed E-state index contributed by atoms with van der Waals surface area (Å²) in [5.41, 5.74) is 6.61. The van der Waals surface area contributed by atoms with E-state index in [1.54, 1.807) is 18.2 Å². The van der Waals surface area contributed by atoms with Gasteiger partial charge in [-0.3, -0.25) is 9.59 Å². The zero-order chi connectivity index (χ0) is 12.4. The lowest BCUT2D eigenvalue weighted by atomic mass is 10.1. The van der Waals surface area contributed by atoms with Crippen molar-refractivity contribution in [3.8, 4) is 5.75 Å². The number of carbonyl (C=O) groups is 2. The van der Waals surface area contributed by atoms with Crippen molar-refractivity contribution >= 4 is 23.2 Å². The summed E-state index contributed by atoms with van der Waals surface area (Å²) in [5, 5.41) is 0. The minimum absolute atomic E-state index is 0.207. The second-order valence-corrected chi connectivity index (χ2v) is 3.90. The van der Waals surface area contributed by atoms with Crippen LogP contribution >= 0.6 is 0 Å². The quantitative estimate of drug-likeness (QED) is 0.618. The number of hydrogen-bond donors (Lipinski definition) is 1. The van der Waals surface area contributed by atoms with E-state index >= 15 is 0 Å². The number of piperidine rings is 1. The average Bonchev–Trinajstić information content (AvgIpc) is 2.31. The van der Waals surface area contributed by atoms with Gasteiger partial charge in [0.25, 0.3) is 0 Å². The van der Waals surface area contributed by atoms with Crippen molar-refractivity contribution in [2.75, 3.05) is 17.7 Å². The molecule has 0 atom stereocenters. The van der Waals surface area contributed by atoms with Crippen molar-refractivity contribution in [2.45, 2.75) is 19.3 Å². The molecule has 0 unspecified atom stereocenters. The molecule has 1 aromatic rings. The van der Waals surface area contributed by atoms with Gasteiger partial charge in [0.15, 0.2) is 0 Å². The second kappa shape index (κ2) is 4.45. The van der Waals surface area contributed by atoms with Crippen LogP contribution in [0.4, 0.5) is 11.4 Å². The standard InChI is InChI=1S/C12H14N2O3/c1-17-8-5-6-9(13)10(7-8)14-11(15)3-2-4-12(14)16/h5-7H,2-4,13H2,1H3. The predicted octanol–water partition coefficient (Wildman–Crippen LogP) is 1.32.